The first kappa shape index (κ1) is 15.1. The molecule has 0 heterocycles. The Hall–Kier alpha value is -1.26. The van der Waals surface area contributed by atoms with Crippen molar-refractivity contribution in [2.24, 2.45) is 0 Å². The van der Waals surface area contributed by atoms with E-state index in [0.29, 0.717) is 23.4 Å². The minimum absolute atomic E-state index is 0.0393. The number of halogens is 1. The Kier molecular flexibility index (Phi) is 5.68. The Morgan fingerprint density at radius 3 is 2.95 bits per heavy atom. The van der Waals surface area contributed by atoms with Crippen LogP contribution in [-0.2, 0) is 11.3 Å². The van der Waals surface area contributed by atoms with Crippen LogP contribution < -0.4 is 15.4 Å². The van der Waals surface area contributed by atoms with Gasteiger partial charge in [0.2, 0.25) is 0 Å². The van der Waals surface area contributed by atoms with Crippen LogP contribution in [0.2, 0.25) is 5.02 Å². The van der Waals surface area contributed by atoms with Gasteiger partial charge in [-0.2, -0.15) is 0 Å². The Balaban J connectivity index is 1.91. The maximum atomic E-state index is 11.6. The second kappa shape index (κ2) is 7.50. The van der Waals surface area contributed by atoms with Crippen LogP contribution in [0.4, 0.5) is 0 Å². The number of benzene rings is 1. The molecule has 0 spiro atoms. The highest BCUT2D eigenvalue weighted by atomic mass is 35.5. The molecular weight excluding hydrogens is 276 g/mol. The lowest BCUT2D eigenvalue weighted by molar-refractivity contribution is -0.123. The number of carbonyl (C=O) groups excluding carboxylic acids is 1. The zero-order valence-electron chi connectivity index (χ0n) is 11.7. The zero-order valence-corrected chi connectivity index (χ0v) is 12.5. The Morgan fingerprint density at radius 2 is 2.25 bits per heavy atom. The van der Waals surface area contributed by atoms with E-state index in [2.05, 4.69) is 17.6 Å². The fourth-order valence-electron chi connectivity index (χ4n) is 1.88. The summed E-state index contributed by atoms with van der Waals surface area (Å²) >= 11 is 6.20. The summed E-state index contributed by atoms with van der Waals surface area (Å²) in [5.41, 5.74) is 0.904. The fourth-order valence-corrected chi connectivity index (χ4v) is 2.11. The summed E-state index contributed by atoms with van der Waals surface area (Å²) in [5, 5.41) is 6.86. The minimum atomic E-state index is -0.0695. The minimum Gasteiger partial charge on any atom is -0.483 e. The molecule has 20 heavy (non-hydrogen) atoms. The molecule has 0 aliphatic heterocycles. The molecule has 1 amide bonds. The van der Waals surface area contributed by atoms with Crippen molar-refractivity contribution < 1.29 is 9.53 Å². The van der Waals surface area contributed by atoms with Gasteiger partial charge in [-0.15, -0.1) is 0 Å². The van der Waals surface area contributed by atoms with Crippen LogP contribution in [0.5, 0.6) is 5.75 Å². The van der Waals surface area contributed by atoms with E-state index < -0.39 is 0 Å². The summed E-state index contributed by atoms with van der Waals surface area (Å²) in [7, 11) is 0. The predicted molar refractivity (Wildman–Crippen MR) is 80.1 cm³/mol. The number of carbonyl (C=O) groups is 1. The molecule has 0 atom stereocenters. The van der Waals surface area contributed by atoms with E-state index in [-0.39, 0.29) is 12.5 Å². The Labute approximate surface area is 124 Å². The van der Waals surface area contributed by atoms with E-state index in [9.17, 15) is 4.79 Å². The summed E-state index contributed by atoms with van der Waals surface area (Å²) in [6, 6.07) is 5.87. The number of ether oxygens (including phenoxy) is 1. The average Bonchev–Trinajstić information content (AvgIpc) is 3.23. The van der Waals surface area contributed by atoms with Crippen molar-refractivity contribution in [3.63, 3.8) is 0 Å². The molecule has 1 aliphatic rings. The van der Waals surface area contributed by atoms with Crippen LogP contribution >= 0.6 is 11.6 Å². The van der Waals surface area contributed by atoms with E-state index in [1.54, 1.807) is 0 Å². The van der Waals surface area contributed by atoms with Crippen molar-refractivity contribution in [1.82, 2.24) is 10.6 Å². The van der Waals surface area contributed by atoms with Crippen LogP contribution in [0.25, 0.3) is 0 Å². The second-order valence-electron chi connectivity index (χ2n) is 5.02. The van der Waals surface area contributed by atoms with E-state index in [0.717, 1.165) is 31.4 Å². The summed E-state index contributed by atoms with van der Waals surface area (Å²) in [5.74, 6) is 0.604. The van der Waals surface area contributed by atoms with Gasteiger partial charge in [-0.25, -0.2) is 0 Å². The summed E-state index contributed by atoms with van der Waals surface area (Å²) in [6.07, 6.45) is 3.22. The van der Waals surface area contributed by atoms with Crippen molar-refractivity contribution in [2.45, 2.75) is 38.8 Å². The molecule has 0 bridgehead atoms. The maximum Gasteiger partial charge on any atom is 0.258 e. The van der Waals surface area contributed by atoms with Crippen molar-refractivity contribution >= 4 is 17.5 Å². The fraction of sp³-hybridized carbons (Fsp3) is 0.533. The summed E-state index contributed by atoms with van der Waals surface area (Å²) in [4.78, 5) is 11.6. The predicted octanol–water partition coefficient (Wildman–Crippen LogP) is 2.50. The monoisotopic (exact) mass is 296 g/mol. The lowest BCUT2D eigenvalue weighted by atomic mass is 10.2. The normalized spacial score (nSPS) is 14.1. The molecule has 2 N–H and O–H groups in total. The van der Waals surface area contributed by atoms with Gasteiger partial charge in [0.05, 0.1) is 0 Å². The lowest BCUT2D eigenvalue weighted by Crippen LogP contribution is -2.30. The Bertz CT molecular complexity index is 461. The molecule has 0 aromatic heterocycles. The van der Waals surface area contributed by atoms with Gasteiger partial charge in [0.25, 0.3) is 5.91 Å². The van der Waals surface area contributed by atoms with E-state index >= 15 is 0 Å². The van der Waals surface area contributed by atoms with Crippen LogP contribution in [-0.4, -0.2) is 25.1 Å². The van der Waals surface area contributed by atoms with Gasteiger partial charge in [-0.05, 0) is 37.9 Å². The Morgan fingerprint density at radius 1 is 1.45 bits per heavy atom. The molecule has 4 nitrogen and oxygen atoms in total. The zero-order chi connectivity index (χ0) is 14.4. The molecule has 1 aromatic rings. The van der Waals surface area contributed by atoms with E-state index in [1.807, 2.05) is 18.2 Å². The highest BCUT2D eigenvalue weighted by Crippen LogP contribution is 2.26. The molecule has 2 rings (SSSR count). The van der Waals surface area contributed by atoms with Gasteiger partial charge in [0.1, 0.15) is 5.75 Å². The SMILES string of the molecule is CCCNCc1c(Cl)cccc1OCC(=O)NC1CC1. The van der Waals surface area contributed by atoms with Crippen LogP contribution in [0.3, 0.4) is 0 Å². The van der Waals surface area contributed by atoms with Crippen molar-refractivity contribution in [1.29, 1.82) is 0 Å². The van der Waals surface area contributed by atoms with Crippen LogP contribution in [0.1, 0.15) is 31.7 Å². The van der Waals surface area contributed by atoms with Gasteiger partial charge in [0, 0.05) is 23.2 Å². The topological polar surface area (TPSA) is 50.4 Å². The van der Waals surface area contributed by atoms with Gasteiger partial charge >= 0.3 is 0 Å². The van der Waals surface area contributed by atoms with E-state index in [4.69, 9.17) is 16.3 Å². The number of amides is 1. The molecule has 1 aliphatic carbocycles. The van der Waals surface area contributed by atoms with Crippen LogP contribution in [0.15, 0.2) is 18.2 Å². The summed E-state index contributed by atoms with van der Waals surface area (Å²) in [6.45, 7) is 3.72. The van der Waals surface area contributed by atoms with Crippen molar-refractivity contribution in [3.05, 3.63) is 28.8 Å². The first-order valence-electron chi connectivity index (χ1n) is 7.11. The second-order valence-corrected chi connectivity index (χ2v) is 5.43. The number of hydrogen-bond donors (Lipinski definition) is 2. The van der Waals surface area contributed by atoms with Crippen molar-refractivity contribution in [2.75, 3.05) is 13.2 Å². The number of rotatable bonds is 8. The van der Waals surface area contributed by atoms with Gasteiger partial charge in [-0.3, -0.25) is 4.79 Å². The summed E-state index contributed by atoms with van der Waals surface area (Å²) < 4.78 is 5.60. The molecule has 0 saturated heterocycles. The molecule has 1 aromatic carbocycles. The quantitative estimate of drug-likeness (QED) is 0.725. The third-order valence-electron chi connectivity index (χ3n) is 3.11. The standard InChI is InChI=1S/C15H21ClN2O2/c1-2-8-17-9-12-13(16)4-3-5-14(12)20-10-15(19)18-11-6-7-11/h3-5,11,17H,2,6-10H2,1H3,(H,18,19). The molecule has 0 unspecified atom stereocenters. The highest BCUT2D eigenvalue weighted by Gasteiger charge is 2.23. The molecule has 0 radical (unpaired) electrons. The molecule has 1 fully saturated rings. The van der Waals surface area contributed by atoms with Gasteiger partial charge in [0.15, 0.2) is 6.61 Å². The van der Waals surface area contributed by atoms with Crippen molar-refractivity contribution in [3.8, 4) is 5.75 Å². The average molecular weight is 297 g/mol. The van der Waals surface area contributed by atoms with E-state index in [1.165, 1.54) is 0 Å². The first-order valence-corrected chi connectivity index (χ1v) is 7.48. The number of hydrogen-bond acceptors (Lipinski definition) is 3. The highest BCUT2D eigenvalue weighted by molar-refractivity contribution is 6.31. The molecule has 110 valence electrons. The molecule has 1 saturated carbocycles. The van der Waals surface area contributed by atoms with Crippen LogP contribution in [0, 0.1) is 0 Å². The molecule has 5 heteroatoms. The lowest BCUT2D eigenvalue weighted by Gasteiger charge is -2.13. The third-order valence-corrected chi connectivity index (χ3v) is 3.46. The molecular formula is C15H21ClN2O2. The number of nitrogens with one attached hydrogen (secondary N) is 2. The van der Waals surface area contributed by atoms with Gasteiger partial charge < -0.3 is 15.4 Å². The van der Waals surface area contributed by atoms with Gasteiger partial charge in [-0.1, -0.05) is 24.6 Å². The smallest absolute Gasteiger partial charge is 0.258 e. The maximum absolute atomic E-state index is 11.6. The first-order chi connectivity index (χ1) is 9.70. The third kappa shape index (κ3) is 4.69. The largest absolute Gasteiger partial charge is 0.483 e.